The Labute approximate surface area is 212 Å². The molecule has 1 aliphatic heterocycles. The number of nitrogens with one attached hydrogen (secondary N) is 1. The van der Waals surface area contributed by atoms with Crippen molar-refractivity contribution in [1.82, 2.24) is 24.1 Å². The van der Waals surface area contributed by atoms with Gasteiger partial charge in [0.05, 0.1) is 23.0 Å². The number of aryl methyl sites for hydroxylation is 2. The molecule has 0 amide bonds. The van der Waals surface area contributed by atoms with E-state index in [9.17, 15) is 9.59 Å². The molecule has 8 nitrogen and oxygen atoms in total. The summed E-state index contributed by atoms with van der Waals surface area (Å²) in [6.45, 7) is 4.72. The van der Waals surface area contributed by atoms with Crippen molar-refractivity contribution in [2.45, 2.75) is 39.1 Å². The van der Waals surface area contributed by atoms with Crippen molar-refractivity contribution in [1.29, 1.82) is 0 Å². The lowest BCUT2D eigenvalue weighted by Crippen LogP contribution is -2.31. The van der Waals surface area contributed by atoms with Gasteiger partial charge in [-0.15, -0.1) is 11.8 Å². The number of aromatic amines is 1. The zero-order chi connectivity index (χ0) is 24.0. The van der Waals surface area contributed by atoms with Gasteiger partial charge in [-0.05, 0) is 53.5 Å². The van der Waals surface area contributed by atoms with Gasteiger partial charge in [0.25, 0.3) is 5.56 Å². The molecule has 0 radical (unpaired) electrons. The second-order valence-electron chi connectivity index (χ2n) is 7.93. The third-order valence-corrected chi connectivity index (χ3v) is 7.71. The average Bonchev–Trinajstić information content (AvgIpc) is 3.37. The number of hydrogen-bond acceptors (Lipinski definition) is 6. The van der Waals surface area contributed by atoms with Crippen molar-refractivity contribution >= 4 is 61.3 Å². The van der Waals surface area contributed by atoms with Crippen LogP contribution in [0.3, 0.4) is 0 Å². The maximum absolute atomic E-state index is 12.7. The summed E-state index contributed by atoms with van der Waals surface area (Å²) in [6, 6.07) is 9.30. The highest BCUT2D eigenvalue weighted by atomic mass is 79.9. The molecule has 0 bridgehead atoms. The number of benzene rings is 1. The summed E-state index contributed by atoms with van der Waals surface area (Å²) in [5.74, 6) is 1.98. The van der Waals surface area contributed by atoms with Crippen molar-refractivity contribution in [3.05, 3.63) is 83.3 Å². The molecule has 1 aromatic carbocycles. The van der Waals surface area contributed by atoms with Gasteiger partial charge >= 0.3 is 5.69 Å². The second kappa shape index (κ2) is 9.16. The lowest BCUT2D eigenvalue weighted by molar-refractivity contribution is 0.737. The van der Waals surface area contributed by atoms with E-state index in [-0.39, 0.29) is 6.54 Å². The molecule has 0 saturated heterocycles. The summed E-state index contributed by atoms with van der Waals surface area (Å²) in [5, 5.41) is 1.56. The molecular weight excluding hydrogens is 540 g/mol. The number of aromatic nitrogens is 5. The van der Waals surface area contributed by atoms with Crippen molar-refractivity contribution in [2.24, 2.45) is 4.99 Å². The van der Waals surface area contributed by atoms with E-state index < -0.39 is 11.2 Å². The van der Waals surface area contributed by atoms with Gasteiger partial charge in [-0.3, -0.25) is 14.3 Å². The summed E-state index contributed by atoms with van der Waals surface area (Å²) < 4.78 is 4.33. The van der Waals surface area contributed by atoms with Gasteiger partial charge in [-0.1, -0.05) is 23.7 Å². The quantitative estimate of drug-likeness (QED) is 0.386. The Morgan fingerprint density at radius 3 is 2.68 bits per heavy atom. The molecule has 4 heterocycles. The summed E-state index contributed by atoms with van der Waals surface area (Å²) in [4.78, 5) is 41.8. The molecule has 174 valence electrons. The highest BCUT2D eigenvalue weighted by molar-refractivity contribution is 9.10. The maximum Gasteiger partial charge on any atom is 0.330 e. The molecule has 1 aliphatic rings. The minimum absolute atomic E-state index is 0.276. The minimum Gasteiger partial charge on any atom is -0.322 e. The molecule has 0 fully saturated rings. The van der Waals surface area contributed by atoms with Gasteiger partial charge in [0.2, 0.25) is 0 Å². The lowest BCUT2D eigenvalue weighted by Gasteiger charge is -2.07. The third-order valence-electron chi connectivity index (χ3n) is 5.68. The summed E-state index contributed by atoms with van der Waals surface area (Å²) in [7, 11) is 0. The number of nitrogens with zero attached hydrogens (tertiary/aromatic N) is 5. The Hall–Kier alpha value is -2.69. The molecule has 0 spiro atoms. The average molecular weight is 560 g/mol. The summed E-state index contributed by atoms with van der Waals surface area (Å²) >= 11 is 11.1. The first kappa shape index (κ1) is 23.1. The first-order valence-corrected chi connectivity index (χ1v) is 12.8. The second-order valence-corrected chi connectivity index (χ2v) is 10.3. The number of halogens is 2. The molecule has 1 N–H and O–H groups in total. The molecule has 5 rings (SSSR count). The Bertz CT molecular complexity index is 1570. The van der Waals surface area contributed by atoms with E-state index in [1.807, 2.05) is 30.5 Å². The zero-order valence-corrected chi connectivity index (χ0v) is 21.6. The summed E-state index contributed by atoms with van der Waals surface area (Å²) in [6.07, 6.45) is 0.708. The number of rotatable bonds is 5. The molecule has 0 atom stereocenters. The minimum atomic E-state index is -0.491. The van der Waals surface area contributed by atoms with E-state index in [2.05, 4.69) is 37.0 Å². The van der Waals surface area contributed by atoms with Crippen LogP contribution in [0.2, 0.25) is 5.02 Å². The maximum atomic E-state index is 12.7. The van der Waals surface area contributed by atoms with Crippen LogP contribution in [0.5, 0.6) is 0 Å². The van der Waals surface area contributed by atoms with Crippen molar-refractivity contribution < 1.29 is 0 Å². The molecule has 3 aromatic heterocycles. The van der Waals surface area contributed by atoms with Gasteiger partial charge in [0.15, 0.2) is 17.0 Å². The van der Waals surface area contributed by atoms with Crippen LogP contribution in [-0.2, 0) is 25.3 Å². The number of thioether (sulfide) groups is 1. The summed E-state index contributed by atoms with van der Waals surface area (Å²) in [5.41, 5.74) is 2.71. The van der Waals surface area contributed by atoms with Crippen LogP contribution in [0.15, 0.2) is 49.4 Å². The van der Waals surface area contributed by atoms with Crippen LogP contribution in [0.25, 0.3) is 11.2 Å². The van der Waals surface area contributed by atoms with Crippen LogP contribution in [0.1, 0.15) is 29.6 Å². The third kappa shape index (κ3) is 4.25. The predicted molar refractivity (Wildman–Crippen MR) is 140 cm³/mol. The van der Waals surface area contributed by atoms with Crippen molar-refractivity contribution in [2.75, 3.05) is 0 Å². The Morgan fingerprint density at radius 2 is 1.94 bits per heavy atom. The first-order chi connectivity index (χ1) is 16.3. The van der Waals surface area contributed by atoms with Crippen LogP contribution >= 0.6 is 39.3 Å². The SMILES string of the molecule is CCn1c(CSC2=Nc3nc(C)c(Br)cc3C2)nc2c1c(=O)[nH]c(=O)n2Cc1ccc(Cl)cc1. The van der Waals surface area contributed by atoms with Crippen LogP contribution in [-0.4, -0.2) is 29.1 Å². The fourth-order valence-electron chi connectivity index (χ4n) is 3.97. The molecule has 4 aromatic rings. The van der Waals surface area contributed by atoms with Gasteiger partial charge < -0.3 is 4.57 Å². The Kier molecular flexibility index (Phi) is 6.22. The topological polar surface area (TPSA) is 97.9 Å². The highest BCUT2D eigenvalue weighted by Gasteiger charge is 2.21. The molecule has 0 aliphatic carbocycles. The lowest BCUT2D eigenvalue weighted by atomic mass is 10.2. The number of pyridine rings is 1. The number of hydrogen-bond donors (Lipinski definition) is 1. The fourth-order valence-corrected chi connectivity index (χ4v) is 5.39. The first-order valence-electron chi connectivity index (χ1n) is 10.7. The number of H-pyrrole nitrogens is 1. The largest absolute Gasteiger partial charge is 0.330 e. The van der Waals surface area contributed by atoms with E-state index in [0.29, 0.717) is 40.7 Å². The van der Waals surface area contributed by atoms with Gasteiger partial charge in [0.1, 0.15) is 5.82 Å². The van der Waals surface area contributed by atoms with Crippen LogP contribution in [0, 0.1) is 6.92 Å². The zero-order valence-electron chi connectivity index (χ0n) is 18.4. The van der Waals surface area contributed by atoms with Gasteiger partial charge in [-0.25, -0.2) is 19.8 Å². The number of aliphatic imine (C=N–C) groups is 1. The van der Waals surface area contributed by atoms with Crippen molar-refractivity contribution in [3.8, 4) is 0 Å². The van der Waals surface area contributed by atoms with Crippen molar-refractivity contribution in [3.63, 3.8) is 0 Å². The molecule has 34 heavy (non-hydrogen) atoms. The van der Waals surface area contributed by atoms with E-state index in [1.165, 1.54) is 4.57 Å². The molecule has 0 unspecified atom stereocenters. The highest BCUT2D eigenvalue weighted by Crippen LogP contribution is 2.33. The Balaban J connectivity index is 1.48. The van der Waals surface area contributed by atoms with Gasteiger partial charge in [-0.2, -0.15) is 0 Å². The molecular formula is C23H20BrClN6O2S. The predicted octanol–water partition coefficient (Wildman–Crippen LogP) is 4.59. The van der Waals surface area contributed by atoms with E-state index in [4.69, 9.17) is 16.6 Å². The number of imidazole rings is 1. The van der Waals surface area contributed by atoms with Crippen LogP contribution < -0.4 is 11.2 Å². The fraction of sp³-hybridized carbons (Fsp3) is 0.261. The molecule has 11 heteroatoms. The van der Waals surface area contributed by atoms with E-state index in [0.717, 1.165) is 32.2 Å². The smallest absolute Gasteiger partial charge is 0.322 e. The van der Waals surface area contributed by atoms with Crippen LogP contribution in [0.4, 0.5) is 5.82 Å². The van der Waals surface area contributed by atoms with E-state index >= 15 is 0 Å². The normalized spacial score (nSPS) is 12.9. The standard InChI is InChI=1S/C23H20BrClN6O2S/c1-3-30-17(11-34-18-9-14-8-16(24)12(2)26-20(14)28-18)27-21-19(30)22(32)29-23(33)31(21)10-13-4-6-15(25)7-5-13/h4-8H,3,9-11H2,1-2H3,(H,29,32,33). The number of fused-ring (bicyclic) bond motifs is 2. The van der Waals surface area contributed by atoms with E-state index in [1.54, 1.807) is 23.9 Å². The Morgan fingerprint density at radius 1 is 1.18 bits per heavy atom. The molecule has 0 saturated carbocycles. The van der Waals surface area contributed by atoms with Gasteiger partial charge in [0, 0.05) is 28.0 Å². The monoisotopic (exact) mass is 558 g/mol.